The molecule has 0 radical (unpaired) electrons. The average molecular weight is 258 g/mol. The molecular weight excluding hydrogens is 252 g/mol. The SMILES string of the molecule is CC(=O)OC[CH]=[Ru]([Cl])[Cl]. The zero-order valence-electron chi connectivity index (χ0n) is 4.71. The van der Waals surface area contributed by atoms with Crippen LogP contribution in [0.1, 0.15) is 6.92 Å². The molecule has 0 aliphatic heterocycles. The molecule has 0 aromatic carbocycles. The summed E-state index contributed by atoms with van der Waals surface area (Å²) in [6.45, 7) is 1.58. The minimum atomic E-state index is -1.72. The third kappa shape index (κ3) is 8.54. The molecule has 9 heavy (non-hydrogen) atoms. The van der Waals surface area contributed by atoms with Crippen LogP contribution in [0.2, 0.25) is 0 Å². The Labute approximate surface area is 66.6 Å². The van der Waals surface area contributed by atoms with Gasteiger partial charge in [0.1, 0.15) is 0 Å². The predicted octanol–water partition coefficient (Wildman–Crippen LogP) is 1.28. The topological polar surface area (TPSA) is 26.3 Å². The van der Waals surface area contributed by atoms with E-state index in [1.165, 1.54) is 6.92 Å². The van der Waals surface area contributed by atoms with Gasteiger partial charge in [-0.1, -0.05) is 0 Å². The van der Waals surface area contributed by atoms with Crippen molar-refractivity contribution in [2.24, 2.45) is 0 Å². The normalized spacial score (nSPS) is 10.3. The van der Waals surface area contributed by atoms with E-state index in [1.54, 1.807) is 4.61 Å². The maximum absolute atomic E-state index is 10.1. The third-order valence-electron chi connectivity index (χ3n) is 0.455. The molecule has 0 aliphatic rings. The number of hydrogen-bond acceptors (Lipinski definition) is 2. The average Bonchev–Trinajstić information content (AvgIpc) is 1.63. The van der Waals surface area contributed by atoms with Crippen molar-refractivity contribution in [1.82, 2.24) is 0 Å². The van der Waals surface area contributed by atoms with Gasteiger partial charge in [0.2, 0.25) is 0 Å². The van der Waals surface area contributed by atoms with Crippen molar-refractivity contribution < 1.29 is 23.0 Å². The Morgan fingerprint density at radius 3 is 2.67 bits per heavy atom. The summed E-state index contributed by atoms with van der Waals surface area (Å²) >= 11 is -1.72. The van der Waals surface area contributed by atoms with E-state index < -0.39 is 13.5 Å². The summed E-state index contributed by atoms with van der Waals surface area (Å²) < 4.78 is 6.15. The molecule has 0 aromatic rings. The molecule has 0 unspecified atom stereocenters. The molecule has 0 aromatic heterocycles. The van der Waals surface area contributed by atoms with Crippen molar-refractivity contribution in [3.05, 3.63) is 0 Å². The molecule has 0 N–H and O–H groups in total. The van der Waals surface area contributed by atoms with Crippen LogP contribution in [0, 0.1) is 0 Å². The Balaban J connectivity index is 3.31. The van der Waals surface area contributed by atoms with Crippen LogP contribution in [-0.2, 0) is 23.0 Å². The molecule has 5 heteroatoms. The summed E-state index contributed by atoms with van der Waals surface area (Å²) in [5.41, 5.74) is 0. The molecule has 2 nitrogen and oxygen atoms in total. The van der Waals surface area contributed by atoms with Gasteiger partial charge in [0.25, 0.3) is 0 Å². The maximum atomic E-state index is 10.1. The van der Waals surface area contributed by atoms with E-state index in [9.17, 15) is 4.79 Å². The van der Waals surface area contributed by atoms with Crippen LogP contribution in [0.5, 0.6) is 0 Å². The van der Waals surface area contributed by atoms with E-state index in [2.05, 4.69) is 4.74 Å². The number of hydrogen-bond donors (Lipinski definition) is 0. The number of carbonyl (C=O) groups is 1. The van der Waals surface area contributed by atoms with Crippen LogP contribution >= 0.6 is 19.4 Å². The molecular formula is C4H6Cl2O2Ru. The summed E-state index contributed by atoms with van der Waals surface area (Å²) in [4.78, 5) is 10.1. The predicted molar refractivity (Wildman–Crippen MR) is 34.4 cm³/mol. The summed E-state index contributed by atoms with van der Waals surface area (Å²) in [6, 6.07) is 0. The molecule has 0 aliphatic carbocycles. The first-order valence-electron chi connectivity index (χ1n) is 2.08. The molecule has 56 valence electrons. The molecule has 0 saturated carbocycles. The second-order valence-electron chi connectivity index (χ2n) is 1.15. The van der Waals surface area contributed by atoms with E-state index in [0.29, 0.717) is 0 Å². The minimum absolute atomic E-state index is 0.237. The van der Waals surface area contributed by atoms with Gasteiger partial charge in [-0.2, -0.15) is 0 Å². The molecule has 0 spiro atoms. The van der Waals surface area contributed by atoms with Gasteiger partial charge in [-0.3, -0.25) is 0 Å². The van der Waals surface area contributed by atoms with Crippen molar-refractivity contribution in [2.75, 3.05) is 6.61 Å². The zero-order valence-corrected chi connectivity index (χ0v) is 7.96. The van der Waals surface area contributed by atoms with E-state index in [0.717, 1.165) is 0 Å². The summed E-state index contributed by atoms with van der Waals surface area (Å²) in [5.74, 6) is -0.310. The van der Waals surface area contributed by atoms with E-state index in [-0.39, 0.29) is 12.6 Å². The third-order valence-corrected chi connectivity index (χ3v) is 2.57. The fourth-order valence-corrected chi connectivity index (χ4v) is 1.08. The van der Waals surface area contributed by atoms with Crippen LogP contribution in [0.4, 0.5) is 0 Å². The van der Waals surface area contributed by atoms with Gasteiger partial charge in [0, 0.05) is 0 Å². The Hall–Kier alpha value is 0.543. The van der Waals surface area contributed by atoms with Gasteiger partial charge < -0.3 is 0 Å². The number of carbonyl (C=O) groups excluding carboxylic acids is 1. The summed E-state index contributed by atoms with van der Waals surface area (Å²) in [5, 5.41) is 0. The van der Waals surface area contributed by atoms with Crippen LogP contribution in [-0.4, -0.2) is 17.2 Å². The molecule has 0 amide bonds. The van der Waals surface area contributed by atoms with Gasteiger partial charge in [-0.15, -0.1) is 0 Å². The molecule has 0 fully saturated rings. The Bertz CT molecular complexity index is 131. The Morgan fingerprint density at radius 1 is 1.78 bits per heavy atom. The number of rotatable bonds is 2. The Kier molecular flexibility index (Phi) is 5.66. The van der Waals surface area contributed by atoms with Crippen molar-refractivity contribution in [3.8, 4) is 0 Å². The van der Waals surface area contributed by atoms with Crippen molar-refractivity contribution in [3.63, 3.8) is 0 Å². The standard InChI is InChI=1S/C4H6O2.2ClH.Ru/c1-3-6-4(2)5;;;/h1H,3H2,2H3;2*1H;/q;;;+2/p-2. The van der Waals surface area contributed by atoms with E-state index >= 15 is 0 Å². The second-order valence-corrected chi connectivity index (χ2v) is 7.08. The first-order chi connectivity index (χ1) is 4.13. The van der Waals surface area contributed by atoms with Crippen LogP contribution in [0.3, 0.4) is 0 Å². The first-order valence-corrected chi connectivity index (χ1v) is 7.56. The first kappa shape index (κ1) is 9.54. The molecule has 0 rings (SSSR count). The number of esters is 1. The zero-order chi connectivity index (χ0) is 7.28. The summed E-state index contributed by atoms with van der Waals surface area (Å²) in [6.07, 6.45) is 0. The molecule has 0 heterocycles. The fourth-order valence-electron chi connectivity index (χ4n) is 0.191. The molecule has 0 saturated heterocycles. The fraction of sp³-hybridized carbons (Fsp3) is 0.500. The second kappa shape index (κ2) is 5.34. The van der Waals surface area contributed by atoms with Crippen LogP contribution in [0.25, 0.3) is 0 Å². The number of halogens is 2. The van der Waals surface area contributed by atoms with E-state index in [1.807, 2.05) is 0 Å². The van der Waals surface area contributed by atoms with Gasteiger partial charge in [-0.25, -0.2) is 0 Å². The number of ether oxygens (including phenoxy) is 1. The van der Waals surface area contributed by atoms with E-state index in [4.69, 9.17) is 19.4 Å². The Morgan fingerprint density at radius 2 is 2.33 bits per heavy atom. The van der Waals surface area contributed by atoms with Crippen molar-refractivity contribution >= 4 is 30.0 Å². The van der Waals surface area contributed by atoms with Crippen LogP contribution in [0.15, 0.2) is 0 Å². The van der Waals surface area contributed by atoms with Crippen LogP contribution < -0.4 is 0 Å². The van der Waals surface area contributed by atoms with Gasteiger partial charge in [0.05, 0.1) is 0 Å². The van der Waals surface area contributed by atoms with Crippen molar-refractivity contribution in [1.29, 1.82) is 0 Å². The molecule has 0 bridgehead atoms. The van der Waals surface area contributed by atoms with Crippen molar-refractivity contribution in [2.45, 2.75) is 6.92 Å². The monoisotopic (exact) mass is 258 g/mol. The van der Waals surface area contributed by atoms with Gasteiger partial charge in [0.15, 0.2) is 0 Å². The van der Waals surface area contributed by atoms with Gasteiger partial charge >= 0.3 is 66.5 Å². The quantitative estimate of drug-likeness (QED) is 0.551. The van der Waals surface area contributed by atoms with Gasteiger partial charge in [-0.05, 0) is 0 Å². The molecule has 0 atom stereocenters. The summed E-state index contributed by atoms with van der Waals surface area (Å²) in [7, 11) is 10.8.